The Morgan fingerprint density at radius 1 is 0.941 bits per heavy atom. The standard InChI is InChI=1S/C15H16O2/c1-11-3-6-14(7-4-11)17-15-8-5-12(2)13(9-15)10-16/h3-9,16H,10H2,1-2H3. The van der Waals surface area contributed by atoms with E-state index in [4.69, 9.17) is 4.74 Å². The van der Waals surface area contributed by atoms with E-state index in [2.05, 4.69) is 0 Å². The molecule has 0 saturated carbocycles. The van der Waals surface area contributed by atoms with Gasteiger partial charge in [-0.3, -0.25) is 0 Å². The second-order valence-electron chi connectivity index (χ2n) is 4.16. The Kier molecular flexibility index (Phi) is 3.45. The van der Waals surface area contributed by atoms with Crippen LogP contribution in [0, 0.1) is 13.8 Å². The lowest BCUT2D eigenvalue weighted by atomic mass is 10.1. The first kappa shape index (κ1) is 11.7. The minimum absolute atomic E-state index is 0.0386. The second-order valence-corrected chi connectivity index (χ2v) is 4.16. The fourth-order valence-electron chi connectivity index (χ4n) is 1.62. The molecular weight excluding hydrogens is 212 g/mol. The summed E-state index contributed by atoms with van der Waals surface area (Å²) >= 11 is 0. The normalized spacial score (nSPS) is 10.3. The van der Waals surface area contributed by atoms with Gasteiger partial charge in [-0.25, -0.2) is 0 Å². The van der Waals surface area contributed by atoms with E-state index in [1.807, 2.05) is 56.3 Å². The van der Waals surface area contributed by atoms with Gasteiger partial charge in [-0.2, -0.15) is 0 Å². The summed E-state index contributed by atoms with van der Waals surface area (Å²) < 4.78 is 5.72. The molecule has 0 amide bonds. The highest BCUT2D eigenvalue weighted by Gasteiger charge is 2.01. The molecule has 0 unspecified atom stereocenters. The third kappa shape index (κ3) is 2.86. The van der Waals surface area contributed by atoms with Crippen molar-refractivity contribution < 1.29 is 9.84 Å². The maximum Gasteiger partial charge on any atom is 0.127 e. The molecule has 0 aliphatic rings. The quantitative estimate of drug-likeness (QED) is 0.870. The minimum atomic E-state index is 0.0386. The average Bonchev–Trinajstić information content (AvgIpc) is 2.34. The van der Waals surface area contributed by atoms with E-state index in [0.717, 1.165) is 22.6 Å². The highest BCUT2D eigenvalue weighted by molar-refractivity contribution is 5.38. The Morgan fingerprint density at radius 2 is 1.59 bits per heavy atom. The van der Waals surface area contributed by atoms with E-state index in [1.54, 1.807) is 0 Å². The largest absolute Gasteiger partial charge is 0.457 e. The van der Waals surface area contributed by atoms with Crippen molar-refractivity contribution in [3.8, 4) is 11.5 Å². The Labute approximate surface area is 101 Å². The molecule has 0 radical (unpaired) electrons. The Bertz CT molecular complexity index is 501. The van der Waals surface area contributed by atoms with E-state index < -0.39 is 0 Å². The van der Waals surface area contributed by atoms with Gasteiger partial charge in [-0.05, 0) is 49.2 Å². The van der Waals surface area contributed by atoms with Crippen LogP contribution < -0.4 is 4.74 Å². The molecule has 0 atom stereocenters. The topological polar surface area (TPSA) is 29.5 Å². The van der Waals surface area contributed by atoms with Gasteiger partial charge >= 0.3 is 0 Å². The van der Waals surface area contributed by atoms with Gasteiger partial charge in [0, 0.05) is 0 Å². The van der Waals surface area contributed by atoms with E-state index in [9.17, 15) is 5.11 Å². The Hall–Kier alpha value is -1.80. The highest BCUT2D eigenvalue weighted by atomic mass is 16.5. The van der Waals surface area contributed by atoms with Gasteiger partial charge < -0.3 is 9.84 Å². The number of aliphatic hydroxyl groups excluding tert-OH is 1. The van der Waals surface area contributed by atoms with Gasteiger partial charge in [0.25, 0.3) is 0 Å². The summed E-state index contributed by atoms with van der Waals surface area (Å²) in [5.74, 6) is 1.56. The number of ether oxygens (including phenoxy) is 1. The van der Waals surface area contributed by atoms with Crippen molar-refractivity contribution >= 4 is 0 Å². The summed E-state index contributed by atoms with van der Waals surface area (Å²) in [5, 5.41) is 9.19. The zero-order valence-corrected chi connectivity index (χ0v) is 10.1. The molecule has 0 bridgehead atoms. The number of hydrogen-bond acceptors (Lipinski definition) is 2. The average molecular weight is 228 g/mol. The van der Waals surface area contributed by atoms with Gasteiger partial charge in [0.1, 0.15) is 11.5 Å². The lowest BCUT2D eigenvalue weighted by Crippen LogP contribution is -1.91. The predicted molar refractivity (Wildman–Crippen MR) is 68.4 cm³/mol. The molecule has 2 rings (SSSR count). The zero-order valence-electron chi connectivity index (χ0n) is 10.1. The summed E-state index contributed by atoms with van der Waals surface area (Å²) in [6.45, 7) is 4.05. The van der Waals surface area contributed by atoms with Crippen LogP contribution in [0.25, 0.3) is 0 Å². The number of benzene rings is 2. The third-order valence-corrected chi connectivity index (χ3v) is 2.75. The van der Waals surface area contributed by atoms with Crippen LogP contribution in [0.1, 0.15) is 16.7 Å². The SMILES string of the molecule is Cc1ccc(Oc2ccc(C)c(CO)c2)cc1. The van der Waals surface area contributed by atoms with E-state index in [0.29, 0.717) is 0 Å². The lowest BCUT2D eigenvalue weighted by molar-refractivity contribution is 0.280. The molecule has 2 aromatic rings. The van der Waals surface area contributed by atoms with Crippen LogP contribution in [-0.4, -0.2) is 5.11 Å². The van der Waals surface area contributed by atoms with E-state index in [-0.39, 0.29) is 6.61 Å². The van der Waals surface area contributed by atoms with Gasteiger partial charge in [-0.15, -0.1) is 0 Å². The van der Waals surface area contributed by atoms with E-state index in [1.165, 1.54) is 5.56 Å². The predicted octanol–water partition coefficient (Wildman–Crippen LogP) is 3.59. The maximum atomic E-state index is 9.19. The molecule has 2 aromatic carbocycles. The van der Waals surface area contributed by atoms with Crippen molar-refractivity contribution in [2.24, 2.45) is 0 Å². The fourth-order valence-corrected chi connectivity index (χ4v) is 1.62. The number of rotatable bonds is 3. The molecule has 1 N–H and O–H groups in total. The van der Waals surface area contributed by atoms with Crippen LogP contribution in [-0.2, 0) is 6.61 Å². The molecule has 0 saturated heterocycles. The number of aryl methyl sites for hydroxylation is 2. The molecule has 0 spiro atoms. The smallest absolute Gasteiger partial charge is 0.127 e. The van der Waals surface area contributed by atoms with Crippen molar-refractivity contribution in [3.63, 3.8) is 0 Å². The summed E-state index contributed by atoms with van der Waals surface area (Å²) in [5.41, 5.74) is 3.18. The first-order valence-corrected chi connectivity index (χ1v) is 5.64. The second kappa shape index (κ2) is 5.02. The zero-order chi connectivity index (χ0) is 12.3. The van der Waals surface area contributed by atoms with Gasteiger partial charge in [0.2, 0.25) is 0 Å². The van der Waals surface area contributed by atoms with Crippen molar-refractivity contribution in [2.45, 2.75) is 20.5 Å². The number of hydrogen-bond donors (Lipinski definition) is 1. The molecule has 0 aliphatic carbocycles. The van der Waals surface area contributed by atoms with Crippen molar-refractivity contribution in [1.82, 2.24) is 0 Å². The summed E-state index contributed by atoms with van der Waals surface area (Å²) in [7, 11) is 0. The van der Waals surface area contributed by atoms with E-state index >= 15 is 0 Å². The molecule has 88 valence electrons. The minimum Gasteiger partial charge on any atom is -0.457 e. The van der Waals surface area contributed by atoms with Crippen LogP contribution in [0.5, 0.6) is 11.5 Å². The van der Waals surface area contributed by atoms with Crippen LogP contribution in [0.2, 0.25) is 0 Å². The lowest BCUT2D eigenvalue weighted by Gasteiger charge is -2.09. The Balaban J connectivity index is 2.21. The maximum absolute atomic E-state index is 9.19. The number of aliphatic hydroxyl groups is 1. The molecule has 2 nitrogen and oxygen atoms in total. The van der Waals surface area contributed by atoms with Gasteiger partial charge in [0.05, 0.1) is 6.61 Å². The van der Waals surface area contributed by atoms with Crippen molar-refractivity contribution in [2.75, 3.05) is 0 Å². The van der Waals surface area contributed by atoms with Crippen molar-refractivity contribution in [1.29, 1.82) is 0 Å². The molecule has 0 fully saturated rings. The molecular formula is C15H16O2. The van der Waals surface area contributed by atoms with Crippen LogP contribution in [0.3, 0.4) is 0 Å². The first-order chi connectivity index (χ1) is 8.19. The van der Waals surface area contributed by atoms with Crippen molar-refractivity contribution in [3.05, 3.63) is 59.2 Å². The molecule has 17 heavy (non-hydrogen) atoms. The van der Waals surface area contributed by atoms with Crippen LogP contribution >= 0.6 is 0 Å². The van der Waals surface area contributed by atoms with Crippen LogP contribution in [0.15, 0.2) is 42.5 Å². The fraction of sp³-hybridized carbons (Fsp3) is 0.200. The third-order valence-electron chi connectivity index (χ3n) is 2.75. The first-order valence-electron chi connectivity index (χ1n) is 5.64. The van der Waals surface area contributed by atoms with Gasteiger partial charge in [0.15, 0.2) is 0 Å². The summed E-state index contributed by atoms with van der Waals surface area (Å²) in [6, 6.07) is 13.6. The summed E-state index contributed by atoms with van der Waals surface area (Å²) in [6.07, 6.45) is 0. The monoisotopic (exact) mass is 228 g/mol. The van der Waals surface area contributed by atoms with Crippen LogP contribution in [0.4, 0.5) is 0 Å². The highest BCUT2D eigenvalue weighted by Crippen LogP contribution is 2.24. The molecule has 2 heteroatoms. The Morgan fingerprint density at radius 3 is 2.24 bits per heavy atom. The summed E-state index contributed by atoms with van der Waals surface area (Å²) in [4.78, 5) is 0. The molecule has 0 aromatic heterocycles. The molecule has 0 aliphatic heterocycles. The van der Waals surface area contributed by atoms with Gasteiger partial charge in [-0.1, -0.05) is 23.8 Å². The molecule has 0 heterocycles.